The van der Waals surface area contributed by atoms with E-state index in [0.29, 0.717) is 0 Å². The molecule has 0 saturated carbocycles. The molecule has 73 heavy (non-hydrogen) atoms. The van der Waals surface area contributed by atoms with Gasteiger partial charge in [-0.2, -0.15) is 0 Å². The van der Waals surface area contributed by atoms with Gasteiger partial charge in [0.25, 0.3) is 0 Å². The minimum Gasteiger partial charge on any atom is -0.456 e. The van der Waals surface area contributed by atoms with E-state index in [1.807, 2.05) is 0 Å². The zero-order valence-corrected chi connectivity index (χ0v) is 40.3. The second kappa shape index (κ2) is 14.7. The topological polar surface area (TPSA) is 29.5 Å². The summed E-state index contributed by atoms with van der Waals surface area (Å²) in [6, 6.07) is 86.9. The summed E-state index contributed by atoms with van der Waals surface area (Å²) in [6.45, 7) is 4.71. The highest BCUT2D eigenvalue weighted by molar-refractivity contribution is 6.26. The van der Waals surface area contributed by atoms with Gasteiger partial charge in [0, 0.05) is 43.9 Å². The Kier molecular flexibility index (Phi) is 8.16. The first kappa shape index (κ1) is 40.5. The summed E-state index contributed by atoms with van der Waals surface area (Å²) in [5.74, 6) is 0. The van der Waals surface area contributed by atoms with E-state index >= 15 is 0 Å². The van der Waals surface area contributed by atoms with Crippen LogP contribution in [0.2, 0.25) is 0 Å². The Morgan fingerprint density at radius 1 is 0.329 bits per heavy atom. The van der Waals surface area contributed by atoms with Gasteiger partial charge in [-0.15, -0.1) is 0 Å². The molecule has 0 amide bonds. The van der Waals surface area contributed by atoms with Crippen molar-refractivity contribution in [2.45, 2.75) is 24.7 Å². The summed E-state index contributed by atoms with van der Waals surface area (Å²) in [4.78, 5) is 2.40. The van der Waals surface area contributed by atoms with Crippen LogP contribution in [0.1, 0.15) is 47.2 Å². The molecule has 16 rings (SSSR count). The summed E-state index contributed by atoms with van der Waals surface area (Å²) in [5, 5.41) is 4.15. The molecule has 3 aliphatic rings. The lowest BCUT2D eigenvalue weighted by Crippen LogP contribution is -2.25. The molecular weight excluding hydrogens is 887 g/mol. The van der Waals surface area contributed by atoms with Crippen molar-refractivity contribution in [3.63, 3.8) is 0 Å². The number of furan rings is 2. The SMILES string of the molecule is CC1(C)c2ccccc2-c2ccc(N(c3ccc(-c4ccccc4)cc3)c3cccc4c3oc3c(-c5cccc6c5-c5ccccc5C65c6ccccc6-c6ccccc65)c5c(cc34)oc3ccccc35)cc21. The first-order chi connectivity index (χ1) is 36.0. The molecule has 2 aromatic heterocycles. The van der Waals surface area contributed by atoms with E-state index in [-0.39, 0.29) is 5.41 Å². The quantitative estimate of drug-likeness (QED) is 0.172. The van der Waals surface area contributed by atoms with Gasteiger partial charge in [0.1, 0.15) is 16.7 Å². The van der Waals surface area contributed by atoms with Gasteiger partial charge in [-0.05, 0) is 126 Å². The number of benzene rings is 11. The molecule has 1 spiro atoms. The normalized spacial score (nSPS) is 14.1. The van der Waals surface area contributed by atoms with Gasteiger partial charge in [-0.1, -0.05) is 208 Å². The molecule has 0 bridgehead atoms. The largest absolute Gasteiger partial charge is 0.456 e. The van der Waals surface area contributed by atoms with Crippen LogP contribution in [0.3, 0.4) is 0 Å². The molecule has 3 aliphatic carbocycles. The van der Waals surface area contributed by atoms with Gasteiger partial charge in [0.15, 0.2) is 5.58 Å². The van der Waals surface area contributed by atoms with Crippen molar-refractivity contribution in [3.05, 3.63) is 270 Å². The molecule has 13 aromatic rings. The third-order valence-electron chi connectivity index (χ3n) is 16.7. The molecule has 0 saturated heterocycles. The maximum atomic E-state index is 7.69. The maximum absolute atomic E-state index is 7.69. The molecule has 11 aromatic carbocycles. The molecular formula is C70H45NO2. The predicted molar refractivity (Wildman–Crippen MR) is 300 cm³/mol. The monoisotopic (exact) mass is 931 g/mol. The van der Waals surface area contributed by atoms with Crippen molar-refractivity contribution >= 4 is 60.9 Å². The minimum atomic E-state index is -0.496. The summed E-state index contributed by atoms with van der Waals surface area (Å²) in [5.41, 5.74) is 25.8. The minimum absolute atomic E-state index is 0.183. The lowest BCUT2D eigenvalue weighted by molar-refractivity contribution is 0.660. The third-order valence-corrected chi connectivity index (χ3v) is 16.7. The van der Waals surface area contributed by atoms with Crippen molar-refractivity contribution in [3.8, 4) is 55.6 Å². The number of anilines is 3. The van der Waals surface area contributed by atoms with Crippen LogP contribution >= 0.6 is 0 Å². The maximum Gasteiger partial charge on any atom is 0.159 e. The number of nitrogens with zero attached hydrogens (tertiary/aromatic N) is 1. The first-order valence-electron chi connectivity index (χ1n) is 25.4. The Hall–Kier alpha value is -9.18. The highest BCUT2D eigenvalue weighted by Crippen LogP contribution is 2.65. The smallest absolute Gasteiger partial charge is 0.159 e. The van der Waals surface area contributed by atoms with Crippen LogP contribution in [0.5, 0.6) is 0 Å². The van der Waals surface area contributed by atoms with E-state index < -0.39 is 5.41 Å². The molecule has 0 aliphatic heterocycles. The van der Waals surface area contributed by atoms with E-state index in [4.69, 9.17) is 8.83 Å². The fraction of sp³-hybridized carbons (Fsp3) is 0.0571. The van der Waals surface area contributed by atoms with Crippen molar-refractivity contribution in [2.24, 2.45) is 0 Å². The molecule has 0 atom stereocenters. The molecule has 0 fully saturated rings. The summed E-state index contributed by atoms with van der Waals surface area (Å²) >= 11 is 0. The fourth-order valence-electron chi connectivity index (χ4n) is 13.6. The Morgan fingerprint density at radius 3 is 1.63 bits per heavy atom. The second-order valence-electron chi connectivity index (χ2n) is 20.6. The van der Waals surface area contributed by atoms with Crippen LogP contribution in [0.15, 0.2) is 245 Å². The van der Waals surface area contributed by atoms with Crippen molar-refractivity contribution in [1.29, 1.82) is 0 Å². The number of hydrogen-bond acceptors (Lipinski definition) is 3. The summed E-state index contributed by atoms with van der Waals surface area (Å²) < 4.78 is 14.6. The van der Waals surface area contributed by atoms with Crippen LogP contribution in [-0.4, -0.2) is 0 Å². The Morgan fingerprint density at radius 2 is 0.877 bits per heavy atom. The van der Waals surface area contributed by atoms with E-state index in [9.17, 15) is 0 Å². The van der Waals surface area contributed by atoms with E-state index in [1.54, 1.807) is 0 Å². The van der Waals surface area contributed by atoms with Crippen molar-refractivity contribution in [1.82, 2.24) is 0 Å². The van der Waals surface area contributed by atoms with Gasteiger partial charge in [-0.3, -0.25) is 0 Å². The van der Waals surface area contributed by atoms with Gasteiger partial charge >= 0.3 is 0 Å². The lowest BCUT2D eigenvalue weighted by atomic mass is 9.70. The molecule has 3 heteroatoms. The molecule has 342 valence electrons. The fourth-order valence-corrected chi connectivity index (χ4v) is 13.6. The van der Waals surface area contributed by atoms with Gasteiger partial charge in [0.2, 0.25) is 0 Å². The molecule has 0 N–H and O–H groups in total. The Labute approximate surface area is 422 Å². The van der Waals surface area contributed by atoms with Crippen LogP contribution in [0.4, 0.5) is 17.1 Å². The van der Waals surface area contributed by atoms with Gasteiger partial charge < -0.3 is 13.7 Å². The van der Waals surface area contributed by atoms with E-state index in [2.05, 4.69) is 255 Å². The average molecular weight is 932 g/mol. The van der Waals surface area contributed by atoms with E-state index in [0.717, 1.165) is 72.1 Å². The van der Waals surface area contributed by atoms with Crippen LogP contribution < -0.4 is 4.90 Å². The zero-order chi connectivity index (χ0) is 48.2. The standard InChI is InChI=1S/C70H45NO2/c1-69(2)55-27-11-6-20-46(55)49-39-38-45(40-60(49)69)71(44-36-34-43(35-37-44)42-18-4-3-5-19-42)61-32-17-25-50-54-41-63-65(52-24-10-15-33-62(52)72-63)66(68(54)73-67(50)61)53-26-16-31-59-64(53)51-23-9-14-30-58(51)70(59)56-28-12-7-21-47(56)48-22-8-13-29-57(48)70/h3-41H,1-2H3. The number of hydrogen-bond donors (Lipinski definition) is 0. The number of para-hydroxylation sites is 2. The van der Waals surface area contributed by atoms with Crippen LogP contribution in [0.25, 0.3) is 99.5 Å². The average Bonchev–Trinajstić information content (AvgIpc) is 4.22. The summed E-state index contributed by atoms with van der Waals surface area (Å²) in [7, 11) is 0. The van der Waals surface area contributed by atoms with Gasteiger partial charge in [0.05, 0.1) is 11.1 Å². The summed E-state index contributed by atoms with van der Waals surface area (Å²) in [6.07, 6.45) is 0. The molecule has 2 heterocycles. The second-order valence-corrected chi connectivity index (χ2v) is 20.6. The van der Waals surface area contributed by atoms with Crippen molar-refractivity contribution < 1.29 is 8.83 Å². The van der Waals surface area contributed by atoms with Crippen LogP contribution in [0, 0.1) is 0 Å². The Bertz CT molecular complexity index is 4430. The predicted octanol–water partition coefficient (Wildman–Crippen LogP) is 18.9. The van der Waals surface area contributed by atoms with E-state index in [1.165, 1.54) is 77.9 Å². The first-order valence-corrected chi connectivity index (χ1v) is 25.4. The molecule has 3 nitrogen and oxygen atoms in total. The highest BCUT2D eigenvalue weighted by Gasteiger charge is 2.52. The number of rotatable bonds is 5. The molecule has 0 radical (unpaired) electrons. The highest BCUT2D eigenvalue weighted by atomic mass is 16.3. The van der Waals surface area contributed by atoms with Crippen molar-refractivity contribution in [2.75, 3.05) is 4.90 Å². The third kappa shape index (κ3) is 5.33. The Balaban J connectivity index is 0.981. The number of fused-ring (bicyclic) bond motifs is 19. The molecule has 0 unspecified atom stereocenters. The zero-order valence-electron chi connectivity index (χ0n) is 40.3. The van der Waals surface area contributed by atoms with Gasteiger partial charge in [-0.25, -0.2) is 0 Å². The van der Waals surface area contributed by atoms with Crippen LogP contribution in [-0.2, 0) is 10.8 Å². The lowest BCUT2D eigenvalue weighted by Gasteiger charge is -2.30.